The van der Waals surface area contributed by atoms with Crippen LogP contribution in [0.4, 0.5) is 8.78 Å². The predicted octanol–water partition coefficient (Wildman–Crippen LogP) is 1.59. The molecule has 0 radical (unpaired) electrons. The van der Waals surface area contributed by atoms with Crippen molar-refractivity contribution in [3.63, 3.8) is 0 Å². The standard InChI is InChI=1S/C25H22F2N4O5S/c1-37(35,36)22-13-7-11-18(26)17(22)14-29-23(32)30(15-20(28)16-8-3-2-4-9-16)25(34)31(24(29)33)21-12-6-5-10-19(21)27/h2-13,20H,14-15,28H2,1H3. The van der Waals surface area contributed by atoms with Crippen molar-refractivity contribution in [2.45, 2.75) is 24.0 Å². The van der Waals surface area contributed by atoms with E-state index in [0.717, 1.165) is 24.5 Å². The third-order valence-electron chi connectivity index (χ3n) is 5.80. The van der Waals surface area contributed by atoms with Crippen LogP contribution in [0.15, 0.2) is 92.1 Å². The summed E-state index contributed by atoms with van der Waals surface area (Å²) in [5.74, 6) is -1.90. The van der Waals surface area contributed by atoms with Gasteiger partial charge >= 0.3 is 17.1 Å². The molecule has 12 heteroatoms. The van der Waals surface area contributed by atoms with E-state index in [-0.39, 0.29) is 0 Å². The average molecular weight is 529 g/mol. The van der Waals surface area contributed by atoms with Crippen LogP contribution in [-0.2, 0) is 22.9 Å². The number of nitrogens with zero attached hydrogens (tertiary/aromatic N) is 3. The highest BCUT2D eigenvalue weighted by Gasteiger charge is 2.24. The molecule has 1 aromatic heterocycles. The zero-order chi connectivity index (χ0) is 26.9. The van der Waals surface area contributed by atoms with E-state index in [0.29, 0.717) is 19.3 Å². The van der Waals surface area contributed by atoms with Gasteiger partial charge in [-0.1, -0.05) is 48.5 Å². The smallest absolute Gasteiger partial charge is 0.322 e. The van der Waals surface area contributed by atoms with Gasteiger partial charge in [0.25, 0.3) is 0 Å². The summed E-state index contributed by atoms with van der Waals surface area (Å²) in [5, 5.41) is 0. The first-order valence-electron chi connectivity index (χ1n) is 11.0. The minimum atomic E-state index is -3.96. The first-order chi connectivity index (χ1) is 17.5. The second-order valence-electron chi connectivity index (χ2n) is 8.34. The zero-order valence-corrected chi connectivity index (χ0v) is 20.4. The van der Waals surface area contributed by atoms with Crippen molar-refractivity contribution in [1.29, 1.82) is 0 Å². The lowest BCUT2D eigenvalue weighted by atomic mass is 10.1. The minimum absolute atomic E-state index is 0.396. The Morgan fingerprint density at radius 2 is 1.38 bits per heavy atom. The first kappa shape index (κ1) is 25.9. The Balaban J connectivity index is 2.00. The Bertz CT molecular complexity index is 1760. The fourth-order valence-electron chi connectivity index (χ4n) is 3.96. The van der Waals surface area contributed by atoms with Crippen molar-refractivity contribution < 1.29 is 17.2 Å². The van der Waals surface area contributed by atoms with Gasteiger partial charge in [0, 0.05) is 17.9 Å². The van der Waals surface area contributed by atoms with Crippen LogP contribution in [-0.4, -0.2) is 28.4 Å². The maximum Gasteiger partial charge on any atom is 0.341 e. The number of hydrogen-bond donors (Lipinski definition) is 1. The number of benzene rings is 3. The van der Waals surface area contributed by atoms with Crippen molar-refractivity contribution >= 4 is 9.84 Å². The van der Waals surface area contributed by atoms with E-state index >= 15 is 0 Å². The van der Waals surface area contributed by atoms with Crippen LogP contribution in [0.5, 0.6) is 0 Å². The lowest BCUT2D eigenvalue weighted by molar-refractivity contribution is 0.459. The van der Waals surface area contributed by atoms with Crippen LogP contribution in [0.2, 0.25) is 0 Å². The molecule has 4 aromatic rings. The minimum Gasteiger partial charge on any atom is -0.322 e. The molecule has 0 aliphatic carbocycles. The normalized spacial score (nSPS) is 12.4. The van der Waals surface area contributed by atoms with Gasteiger partial charge in [-0.2, -0.15) is 0 Å². The van der Waals surface area contributed by atoms with Crippen LogP contribution in [0.25, 0.3) is 5.69 Å². The molecule has 4 rings (SSSR count). The molecular formula is C25H22F2N4O5S. The average Bonchev–Trinajstić information content (AvgIpc) is 2.86. The van der Waals surface area contributed by atoms with Crippen molar-refractivity contribution in [3.05, 3.63) is 127 Å². The van der Waals surface area contributed by atoms with Crippen LogP contribution >= 0.6 is 0 Å². The monoisotopic (exact) mass is 528 g/mol. The second kappa shape index (κ2) is 10.1. The molecule has 3 aromatic carbocycles. The maximum absolute atomic E-state index is 14.8. The summed E-state index contributed by atoms with van der Waals surface area (Å²) in [7, 11) is -3.96. The Kier molecular flexibility index (Phi) is 7.05. The number of hydrogen-bond acceptors (Lipinski definition) is 6. The SMILES string of the molecule is CS(=O)(=O)c1cccc(F)c1Cn1c(=O)n(CC(N)c2ccccc2)c(=O)n(-c2ccccc2F)c1=O. The maximum atomic E-state index is 14.8. The van der Waals surface area contributed by atoms with Crippen LogP contribution < -0.4 is 22.8 Å². The van der Waals surface area contributed by atoms with E-state index in [1.807, 2.05) is 0 Å². The summed E-state index contributed by atoms with van der Waals surface area (Å²) < 4.78 is 55.6. The molecule has 9 nitrogen and oxygen atoms in total. The van der Waals surface area contributed by atoms with Crippen molar-refractivity contribution in [3.8, 4) is 5.69 Å². The Morgan fingerprint density at radius 3 is 2.03 bits per heavy atom. The van der Waals surface area contributed by atoms with Gasteiger partial charge in [0.1, 0.15) is 11.6 Å². The van der Waals surface area contributed by atoms with Crippen LogP contribution in [0, 0.1) is 11.6 Å². The molecule has 0 saturated carbocycles. The van der Waals surface area contributed by atoms with Gasteiger partial charge in [-0.05, 0) is 29.8 Å². The molecule has 192 valence electrons. The van der Waals surface area contributed by atoms with Gasteiger partial charge in [0.15, 0.2) is 9.84 Å². The number of rotatable bonds is 7. The molecule has 0 spiro atoms. The van der Waals surface area contributed by atoms with Gasteiger partial charge < -0.3 is 5.73 Å². The first-order valence-corrected chi connectivity index (χ1v) is 12.9. The molecule has 0 aliphatic heterocycles. The lowest BCUT2D eigenvalue weighted by Crippen LogP contribution is -2.55. The number of aromatic nitrogens is 3. The van der Waals surface area contributed by atoms with Crippen molar-refractivity contribution in [2.24, 2.45) is 5.73 Å². The topological polar surface area (TPSA) is 126 Å². The van der Waals surface area contributed by atoms with Gasteiger partial charge in [0.2, 0.25) is 0 Å². The van der Waals surface area contributed by atoms with E-state index in [1.54, 1.807) is 30.3 Å². The number of halogens is 2. The number of nitrogens with two attached hydrogens (primary N) is 1. The third-order valence-corrected chi connectivity index (χ3v) is 6.98. The molecule has 1 atom stereocenters. The summed E-state index contributed by atoms with van der Waals surface area (Å²) >= 11 is 0. The van der Waals surface area contributed by atoms with E-state index in [9.17, 15) is 31.6 Å². The van der Waals surface area contributed by atoms with Gasteiger partial charge in [-0.25, -0.2) is 45.3 Å². The number of sulfone groups is 1. The molecule has 37 heavy (non-hydrogen) atoms. The summed E-state index contributed by atoms with van der Waals surface area (Å²) in [5.41, 5.74) is 2.33. The van der Waals surface area contributed by atoms with E-state index < -0.39 is 73.8 Å². The predicted molar refractivity (Wildman–Crippen MR) is 132 cm³/mol. The van der Waals surface area contributed by atoms with Crippen LogP contribution in [0.1, 0.15) is 17.2 Å². The molecule has 0 saturated heterocycles. The van der Waals surface area contributed by atoms with E-state index in [1.165, 1.54) is 24.3 Å². The Morgan fingerprint density at radius 1 is 0.784 bits per heavy atom. The quantitative estimate of drug-likeness (QED) is 0.388. The largest absolute Gasteiger partial charge is 0.341 e. The summed E-state index contributed by atoms with van der Waals surface area (Å²) in [4.78, 5) is 39.7. The summed E-state index contributed by atoms with van der Waals surface area (Å²) in [6.07, 6.45) is 0.853. The molecule has 0 fully saturated rings. The van der Waals surface area contributed by atoms with Crippen molar-refractivity contribution in [2.75, 3.05) is 6.26 Å². The molecule has 1 heterocycles. The van der Waals surface area contributed by atoms with Crippen molar-refractivity contribution in [1.82, 2.24) is 13.7 Å². The molecule has 0 aliphatic rings. The highest BCUT2D eigenvalue weighted by molar-refractivity contribution is 7.90. The fraction of sp³-hybridized carbons (Fsp3) is 0.160. The highest BCUT2D eigenvalue weighted by atomic mass is 32.2. The van der Waals surface area contributed by atoms with E-state index in [2.05, 4.69) is 0 Å². The summed E-state index contributed by atoms with van der Waals surface area (Å²) in [6.45, 7) is -1.23. The third kappa shape index (κ3) is 5.06. The zero-order valence-electron chi connectivity index (χ0n) is 19.5. The summed E-state index contributed by atoms with van der Waals surface area (Å²) in [6, 6.07) is 15.9. The highest BCUT2D eigenvalue weighted by Crippen LogP contribution is 2.19. The number of para-hydroxylation sites is 1. The fourth-order valence-corrected chi connectivity index (χ4v) is 4.90. The molecule has 0 bridgehead atoms. The Hall–Kier alpha value is -4.16. The second-order valence-corrected chi connectivity index (χ2v) is 10.3. The van der Waals surface area contributed by atoms with Gasteiger partial charge in [-0.15, -0.1) is 0 Å². The molecular weight excluding hydrogens is 506 g/mol. The van der Waals surface area contributed by atoms with Gasteiger partial charge in [0.05, 0.1) is 23.7 Å². The van der Waals surface area contributed by atoms with Gasteiger partial charge in [-0.3, -0.25) is 0 Å². The van der Waals surface area contributed by atoms with Crippen LogP contribution in [0.3, 0.4) is 0 Å². The van der Waals surface area contributed by atoms with E-state index in [4.69, 9.17) is 5.73 Å². The molecule has 2 N–H and O–H groups in total. The lowest BCUT2D eigenvalue weighted by Gasteiger charge is -2.18. The Labute approximate surface area is 209 Å². The molecule has 1 unspecified atom stereocenters. The molecule has 0 amide bonds.